The molecule has 19 heavy (non-hydrogen) atoms. The van der Waals surface area contributed by atoms with Crippen molar-refractivity contribution in [3.8, 4) is 0 Å². The van der Waals surface area contributed by atoms with Gasteiger partial charge in [-0.3, -0.25) is 0 Å². The second-order valence-corrected chi connectivity index (χ2v) is 5.26. The minimum Gasteiger partial charge on any atom is -0.324 e. The Labute approximate surface area is 118 Å². The van der Waals surface area contributed by atoms with Gasteiger partial charge in [0.1, 0.15) is 5.82 Å². The monoisotopic (exact) mass is 277 g/mol. The van der Waals surface area contributed by atoms with E-state index in [-0.39, 0.29) is 11.1 Å². The SMILES string of the molecule is Cc1ccc(C)c(CC(N)c2cccc(F)c2Cl)c1. The Morgan fingerprint density at radius 1 is 1.21 bits per heavy atom. The fourth-order valence-corrected chi connectivity index (χ4v) is 2.44. The molecule has 0 saturated carbocycles. The van der Waals surface area contributed by atoms with Gasteiger partial charge in [0, 0.05) is 6.04 Å². The summed E-state index contributed by atoms with van der Waals surface area (Å²) >= 11 is 5.97. The van der Waals surface area contributed by atoms with Crippen molar-refractivity contribution < 1.29 is 4.39 Å². The lowest BCUT2D eigenvalue weighted by atomic mass is 9.95. The molecule has 2 aromatic carbocycles. The Morgan fingerprint density at radius 3 is 2.68 bits per heavy atom. The molecule has 2 rings (SSSR count). The minimum absolute atomic E-state index is 0.125. The molecule has 0 heterocycles. The van der Waals surface area contributed by atoms with Gasteiger partial charge >= 0.3 is 0 Å². The van der Waals surface area contributed by atoms with E-state index in [1.807, 2.05) is 6.92 Å². The van der Waals surface area contributed by atoms with Gasteiger partial charge in [-0.15, -0.1) is 0 Å². The summed E-state index contributed by atoms with van der Waals surface area (Å²) in [6, 6.07) is 10.7. The van der Waals surface area contributed by atoms with E-state index >= 15 is 0 Å². The average Bonchev–Trinajstić information content (AvgIpc) is 2.37. The number of nitrogens with two attached hydrogens (primary N) is 1. The van der Waals surface area contributed by atoms with Crippen molar-refractivity contribution in [2.45, 2.75) is 26.3 Å². The summed E-state index contributed by atoms with van der Waals surface area (Å²) in [5.41, 5.74) is 10.4. The molecule has 100 valence electrons. The number of aryl methyl sites for hydroxylation is 2. The van der Waals surface area contributed by atoms with Gasteiger partial charge in [-0.05, 0) is 43.0 Å². The third-order valence-corrected chi connectivity index (χ3v) is 3.72. The van der Waals surface area contributed by atoms with Gasteiger partial charge in [0.05, 0.1) is 5.02 Å². The first-order valence-corrected chi connectivity index (χ1v) is 6.62. The summed E-state index contributed by atoms with van der Waals surface area (Å²) in [6.45, 7) is 4.10. The predicted octanol–water partition coefficient (Wildman–Crippen LogP) is 4.34. The van der Waals surface area contributed by atoms with Crippen molar-refractivity contribution in [2.24, 2.45) is 5.73 Å². The molecule has 0 aliphatic rings. The van der Waals surface area contributed by atoms with E-state index < -0.39 is 5.82 Å². The van der Waals surface area contributed by atoms with Crippen molar-refractivity contribution >= 4 is 11.6 Å². The highest BCUT2D eigenvalue weighted by molar-refractivity contribution is 6.31. The molecular formula is C16H17ClFN. The van der Waals surface area contributed by atoms with Crippen LogP contribution >= 0.6 is 11.6 Å². The maximum Gasteiger partial charge on any atom is 0.142 e. The number of benzene rings is 2. The van der Waals surface area contributed by atoms with Crippen LogP contribution < -0.4 is 5.73 Å². The zero-order valence-electron chi connectivity index (χ0n) is 11.1. The van der Waals surface area contributed by atoms with Crippen molar-refractivity contribution in [2.75, 3.05) is 0 Å². The van der Waals surface area contributed by atoms with Gasteiger partial charge in [0.25, 0.3) is 0 Å². The quantitative estimate of drug-likeness (QED) is 0.887. The van der Waals surface area contributed by atoms with E-state index in [0.29, 0.717) is 12.0 Å². The molecule has 0 amide bonds. The zero-order chi connectivity index (χ0) is 14.0. The first kappa shape index (κ1) is 14.0. The van der Waals surface area contributed by atoms with Crippen molar-refractivity contribution in [3.63, 3.8) is 0 Å². The van der Waals surface area contributed by atoms with Gasteiger partial charge < -0.3 is 5.73 Å². The molecule has 3 heteroatoms. The number of hydrogen-bond acceptors (Lipinski definition) is 1. The molecule has 0 spiro atoms. The highest BCUT2D eigenvalue weighted by atomic mass is 35.5. The van der Waals surface area contributed by atoms with Gasteiger partial charge in [-0.2, -0.15) is 0 Å². The molecule has 0 saturated heterocycles. The fraction of sp³-hybridized carbons (Fsp3) is 0.250. The standard InChI is InChI=1S/C16H17ClFN/c1-10-6-7-11(2)12(8-10)9-15(19)13-4-3-5-14(18)16(13)17/h3-8,15H,9,19H2,1-2H3. The second kappa shape index (κ2) is 5.72. The van der Waals surface area contributed by atoms with Crippen LogP contribution in [-0.2, 0) is 6.42 Å². The Hall–Kier alpha value is -1.38. The largest absolute Gasteiger partial charge is 0.324 e. The fourth-order valence-electron chi connectivity index (χ4n) is 2.17. The van der Waals surface area contributed by atoms with Crippen molar-refractivity contribution in [3.05, 3.63) is 69.5 Å². The van der Waals surface area contributed by atoms with Crippen LogP contribution in [0.2, 0.25) is 5.02 Å². The number of halogens is 2. The van der Waals surface area contributed by atoms with Crippen LogP contribution in [0.25, 0.3) is 0 Å². The van der Waals surface area contributed by atoms with Crippen LogP contribution in [0.5, 0.6) is 0 Å². The number of hydrogen-bond donors (Lipinski definition) is 1. The van der Waals surface area contributed by atoms with Gasteiger partial charge in [0.2, 0.25) is 0 Å². The minimum atomic E-state index is -0.421. The van der Waals surface area contributed by atoms with E-state index in [2.05, 4.69) is 25.1 Å². The predicted molar refractivity (Wildman–Crippen MR) is 78.0 cm³/mol. The molecule has 2 aromatic rings. The summed E-state index contributed by atoms with van der Waals surface area (Å²) in [7, 11) is 0. The average molecular weight is 278 g/mol. The summed E-state index contributed by atoms with van der Waals surface area (Å²) in [5.74, 6) is -0.421. The molecule has 0 aromatic heterocycles. The van der Waals surface area contributed by atoms with E-state index in [9.17, 15) is 4.39 Å². The summed E-state index contributed by atoms with van der Waals surface area (Å²) < 4.78 is 13.4. The molecular weight excluding hydrogens is 261 g/mol. The molecule has 1 unspecified atom stereocenters. The smallest absolute Gasteiger partial charge is 0.142 e. The van der Waals surface area contributed by atoms with Gasteiger partial charge in [-0.1, -0.05) is 47.5 Å². The molecule has 0 bridgehead atoms. The maximum absolute atomic E-state index is 13.4. The third-order valence-electron chi connectivity index (χ3n) is 3.33. The molecule has 0 fully saturated rings. The van der Waals surface area contributed by atoms with E-state index in [1.165, 1.54) is 22.8 Å². The lowest BCUT2D eigenvalue weighted by molar-refractivity contribution is 0.619. The van der Waals surface area contributed by atoms with Gasteiger partial charge in [0.15, 0.2) is 0 Å². The van der Waals surface area contributed by atoms with Crippen LogP contribution in [0, 0.1) is 19.7 Å². The Bertz CT molecular complexity index is 595. The highest BCUT2D eigenvalue weighted by Gasteiger charge is 2.14. The van der Waals surface area contributed by atoms with Crippen LogP contribution in [0.1, 0.15) is 28.3 Å². The van der Waals surface area contributed by atoms with E-state index in [1.54, 1.807) is 12.1 Å². The first-order valence-electron chi connectivity index (χ1n) is 6.24. The Morgan fingerprint density at radius 2 is 1.95 bits per heavy atom. The molecule has 0 aliphatic carbocycles. The second-order valence-electron chi connectivity index (χ2n) is 4.88. The third kappa shape index (κ3) is 3.14. The summed E-state index contributed by atoms with van der Waals surface area (Å²) in [6.07, 6.45) is 0.649. The van der Waals surface area contributed by atoms with Crippen LogP contribution in [0.4, 0.5) is 4.39 Å². The molecule has 2 N–H and O–H groups in total. The highest BCUT2D eigenvalue weighted by Crippen LogP contribution is 2.27. The van der Waals surface area contributed by atoms with Crippen LogP contribution in [0.15, 0.2) is 36.4 Å². The van der Waals surface area contributed by atoms with E-state index in [0.717, 1.165) is 0 Å². The molecule has 0 aliphatic heterocycles. The maximum atomic E-state index is 13.4. The Kier molecular flexibility index (Phi) is 4.23. The summed E-state index contributed by atoms with van der Waals surface area (Å²) in [4.78, 5) is 0. The van der Waals surface area contributed by atoms with Crippen LogP contribution in [-0.4, -0.2) is 0 Å². The van der Waals surface area contributed by atoms with E-state index in [4.69, 9.17) is 17.3 Å². The lowest BCUT2D eigenvalue weighted by Crippen LogP contribution is -2.15. The molecule has 0 radical (unpaired) electrons. The molecule has 1 atom stereocenters. The van der Waals surface area contributed by atoms with Crippen molar-refractivity contribution in [1.29, 1.82) is 0 Å². The summed E-state index contributed by atoms with van der Waals surface area (Å²) in [5, 5.41) is 0.125. The van der Waals surface area contributed by atoms with Gasteiger partial charge in [-0.25, -0.2) is 4.39 Å². The lowest BCUT2D eigenvalue weighted by Gasteiger charge is -2.16. The van der Waals surface area contributed by atoms with Crippen molar-refractivity contribution in [1.82, 2.24) is 0 Å². The topological polar surface area (TPSA) is 26.0 Å². The Balaban J connectivity index is 2.28. The molecule has 1 nitrogen and oxygen atoms in total. The normalized spacial score (nSPS) is 12.5. The first-order chi connectivity index (χ1) is 8.99. The zero-order valence-corrected chi connectivity index (χ0v) is 11.8. The van der Waals surface area contributed by atoms with Crippen LogP contribution in [0.3, 0.4) is 0 Å². The number of rotatable bonds is 3.